The lowest BCUT2D eigenvalue weighted by atomic mass is 10.1. The summed E-state index contributed by atoms with van der Waals surface area (Å²) < 4.78 is 66.2. The van der Waals surface area contributed by atoms with E-state index in [1.807, 2.05) is 0 Å². The van der Waals surface area contributed by atoms with Crippen molar-refractivity contribution in [2.24, 2.45) is 5.73 Å². The van der Waals surface area contributed by atoms with E-state index in [1.54, 1.807) is 0 Å². The van der Waals surface area contributed by atoms with Gasteiger partial charge in [-0.2, -0.15) is 4.31 Å². The van der Waals surface area contributed by atoms with Gasteiger partial charge in [-0.1, -0.05) is 0 Å². The molecule has 1 aromatic carbocycles. The quantitative estimate of drug-likeness (QED) is 0.796. The molecule has 1 heterocycles. The van der Waals surface area contributed by atoms with E-state index in [-0.39, 0.29) is 23.2 Å². The van der Waals surface area contributed by atoms with Crippen LogP contribution in [0.5, 0.6) is 0 Å². The molecular formula is C14H22FN3O4S2. The highest BCUT2D eigenvalue weighted by atomic mass is 32.2. The molecule has 1 fully saturated rings. The molecule has 136 valence electrons. The van der Waals surface area contributed by atoms with Crippen LogP contribution < -0.4 is 10.5 Å². The SMILES string of the molecule is CC(C)S(=O)(=O)Nc1ccc(S(=O)(=O)N2CCCC(N)C2)cc1F. The molecule has 10 heteroatoms. The maximum absolute atomic E-state index is 14.2. The van der Waals surface area contributed by atoms with Gasteiger partial charge in [0.25, 0.3) is 0 Å². The summed E-state index contributed by atoms with van der Waals surface area (Å²) in [6, 6.07) is 2.90. The predicted molar refractivity (Wildman–Crippen MR) is 90.0 cm³/mol. The van der Waals surface area contributed by atoms with Crippen LogP contribution in [-0.2, 0) is 20.0 Å². The van der Waals surface area contributed by atoms with Gasteiger partial charge in [0.1, 0.15) is 5.82 Å². The maximum Gasteiger partial charge on any atom is 0.243 e. The zero-order chi connectivity index (χ0) is 18.1. The molecule has 0 saturated carbocycles. The number of nitrogens with one attached hydrogen (secondary N) is 1. The molecule has 1 aliphatic rings. The molecule has 0 spiro atoms. The zero-order valence-electron chi connectivity index (χ0n) is 13.6. The van der Waals surface area contributed by atoms with Crippen molar-refractivity contribution in [2.75, 3.05) is 17.8 Å². The van der Waals surface area contributed by atoms with Gasteiger partial charge in [-0.3, -0.25) is 4.72 Å². The number of nitrogens with two attached hydrogens (primary N) is 1. The summed E-state index contributed by atoms with van der Waals surface area (Å²) in [5, 5.41) is -0.741. The first-order chi connectivity index (χ1) is 11.0. The highest BCUT2D eigenvalue weighted by Gasteiger charge is 2.29. The Kier molecular flexibility index (Phi) is 5.53. The minimum absolute atomic E-state index is 0.186. The Morgan fingerprint density at radius 2 is 1.96 bits per heavy atom. The number of hydrogen-bond acceptors (Lipinski definition) is 5. The molecule has 2 rings (SSSR count). The van der Waals surface area contributed by atoms with E-state index < -0.39 is 31.1 Å². The predicted octanol–water partition coefficient (Wildman–Crippen LogP) is 1.09. The summed E-state index contributed by atoms with van der Waals surface area (Å²) in [6.45, 7) is 3.43. The molecule has 1 saturated heterocycles. The molecule has 0 aromatic heterocycles. The van der Waals surface area contributed by atoms with Gasteiger partial charge >= 0.3 is 0 Å². The molecule has 24 heavy (non-hydrogen) atoms. The van der Waals surface area contributed by atoms with Crippen LogP contribution in [0.25, 0.3) is 0 Å². The van der Waals surface area contributed by atoms with Crippen molar-refractivity contribution in [1.29, 1.82) is 0 Å². The Morgan fingerprint density at radius 1 is 1.29 bits per heavy atom. The minimum Gasteiger partial charge on any atom is -0.327 e. The van der Waals surface area contributed by atoms with Gasteiger partial charge < -0.3 is 5.73 Å². The first kappa shape index (κ1) is 19.1. The van der Waals surface area contributed by atoms with Crippen LogP contribution in [0.3, 0.4) is 0 Å². The number of anilines is 1. The smallest absolute Gasteiger partial charge is 0.243 e. The Bertz CT molecular complexity index is 809. The highest BCUT2D eigenvalue weighted by molar-refractivity contribution is 7.93. The van der Waals surface area contributed by atoms with Crippen LogP contribution in [0, 0.1) is 5.82 Å². The Morgan fingerprint density at radius 3 is 2.50 bits per heavy atom. The number of sulfonamides is 2. The van der Waals surface area contributed by atoms with E-state index in [2.05, 4.69) is 4.72 Å². The Balaban J connectivity index is 2.29. The van der Waals surface area contributed by atoms with Crippen molar-refractivity contribution in [1.82, 2.24) is 4.31 Å². The van der Waals surface area contributed by atoms with Gasteiger partial charge in [0.2, 0.25) is 20.0 Å². The number of hydrogen-bond donors (Lipinski definition) is 2. The number of benzene rings is 1. The molecule has 7 nitrogen and oxygen atoms in total. The fraction of sp³-hybridized carbons (Fsp3) is 0.571. The van der Waals surface area contributed by atoms with Gasteiger partial charge in [0, 0.05) is 19.1 Å². The van der Waals surface area contributed by atoms with Crippen molar-refractivity contribution in [3.63, 3.8) is 0 Å². The lowest BCUT2D eigenvalue weighted by molar-refractivity contribution is 0.316. The van der Waals surface area contributed by atoms with Crippen molar-refractivity contribution < 1.29 is 21.2 Å². The average molecular weight is 379 g/mol. The average Bonchev–Trinajstić information content (AvgIpc) is 2.49. The van der Waals surface area contributed by atoms with Gasteiger partial charge in [-0.25, -0.2) is 21.2 Å². The third kappa shape index (κ3) is 4.05. The number of nitrogens with zero attached hydrogens (tertiary/aromatic N) is 1. The van der Waals surface area contributed by atoms with Crippen LogP contribution >= 0.6 is 0 Å². The van der Waals surface area contributed by atoms with Crippen LogP contribution in [0.2, 0.25) is 0 Å². The lowest BCUT2D eigenvalue weighted by Crippen LogP contribution is -2.45. The van der Waals surface area contributed by atoms with Crippen molar-refractivity contribution in [2.45, 2.75) is 42.9 Å². The molecule has 1 unspecified atom stereocenters. The zero-order valence-corrected chi connectivity index (χ0v) is 15.2. The Labute approximate surface area is 142 Å². The van der Waals surface area contributed by atoms with Crippen molar-refractivity contribution in [3.05, 3.63) is 24.0 Å². The second-order valence-corrected chi connectivity index (χ2v) is 10.3. The van der Waals surface area contributed by atoms with Gasteiger partial charge in [-0.15, -0.1) is 0 Å². The third-order valence-electron chi connectivity index (χ3n) is 3.87. The molecule has 1 aromatic rings. The number of rotatable bonds is 5. The molecule has 0 aliphatic carbocycles. The molecule has 1 aliphatic heterocycles. The molecule has 0 bridgehead atoms. The second-order valence-electron chi connectivity index (χ2n) is 6.10. The van der Waals surface area contributed by atoms with Crippen molar-refractivity contribution in [3.8, 4) is 0 Å². The second kappa shape index (κ2) is 6.95. The fourth-order valence-corrected chi connectivity index (χ4v) is 4.61. The monoisotopic (exact) mass is 379 g/mol. The van der Waals surface area contributed by atoms with E-state index in [1.165, 1.54) is 24.2 Å². The standard InChI is InChI=1S/C14H22FN3O4S2/c1-10(2)23(19,20)17-14-6-5-12(8-13(14)15)24(21,22)18-7-3-4-11(16)9-18/h5-6,8,10-11,17H,3-4,7,9,16H2,1-2H3. The summed E-state index contributed by atoms with van der Waals surface area (Å²) in [6.07, 6.45) is 1.39. The maximum atomic E-state index is 14.2. The highest BCUT2D eigenvalue weighted by Crippen LogP contribution is 2.25. The van der Waals surface area contributed by atoms with E-state index in [9.17, 15) is 21.2 Å². The van der Waals surface area contributed by atoms with Crippen LogP contribution in [-0.4, -0.2) is 45.5 Å². The number of piperidine rings is 1. The van der Waals surface area contributed by atoms with Crippen LogP contribution in [0.15, 0.2) is 23.1 Å². The van der Waals surface area contributed by atoms with E-state index in [0.29, 0.717) is 13.0 Å². The third-order valence-corrected chi connectivity index (χ3v) is 7.48. The first-order valence-corrected chi connectivity index (χ1v) is 10.6. The molecule has 1 atom stereocenters. The normalized spacial score (nSPS) is 20.3. The summed E-state index contributed by atoms with van der Waals surface area (Å²) in [5.74, 6) is -0.943. The van der Waals surface area contributed by atoms with Crippen LogP contribution in [0.1, 0.15) is 26.7 Å². The van der Waals surface area contributed by atoms with E-state index in [4.69, 9.17) is 5.73 Å². The Hall–Kier alpha value is -1.23. The van der Waals surface area contributed by atoms with E-state index >= 15 is 0 Å². The number of halogens is 1. The summed E-state index contributed by atoms with van der Waals surface area (Å²) >= 11 is 0. The summed E-state index contributed by atoms with van der Waals surface area (Å²) in [7, 11) is -7.57. The largest absolute Gasteiger partial charge is 0.327 e. The fourth-order valence-electron chi connectivity index (χ4n) is 2.35. The van der Waals surface area contributed by atoms with Crippen LogP contribution in [0.4, 0.5) is 10.1 Å². The minimum atomic E-state index is -3.86. The summed E-state index contributed by atoms with van der Waals surface area (Å²) in [4.78, 5) is -0.221. The molecule has 3 N–H and O–H groups in total. The molecule has 0 radical (unpaired) electrons. The van der Waals surface area contributed by atoms with E-state index in [0.717, 1.165) is 18.6 Å². The van der Waals surface area contributed by atoms with Gasteiger partial charge in [0.05, 0.1) is 15.8 Å². The first-order valence-electron chi connectivity index (χ1n) is 7.61. The van der Waals surface area contributed by atoms with Crippen molar-refractivity contribution >= 4 is 25.7 Å². The van der Waals surface area contributed by atoms with Gasteiger partial charge in [0.15, 0.2) is 0 Å². The molecular weight excluding hydrogens is 357 g/mol. The lowest BCUT2D eigenvalue weighted by Gasteiger charge is -2.29. The summed E-state index contributed by atoms with van der Waals surface area (Å²) in [5.41, 5.74) is 5.52. The van der Waals surface area contributed by atoms with Gasteiger partial charge in [-0.05, 0) is 44.9 Å². The molecule has 0 amide bonds. The topological polar surface area (TPSA) is 110 Å².